The molecule has 0 radical (unpaired) electrons. The Hall–Kier alpha value is -1.23. The molecule has 3 nitrogen and oxygen atoms in total. The highest BCUT2D eigenvalue weighted by Gasteiger charge is 2.41. The molecule has 4 rings (SSSR count). The van der Waals surface area contributed by atoms with Crippen LogP contribution in [0.5, 0.6) is 0 Å². The first-order chi connectivity index (χ1) is 11.4. The van der Waals surface area contributed by atoms with Crippen molar-refractivity contribution in [3.63, 3.8) is 0 Å². The Labute approximate surface area is 142 Å². The Morgan fingerprint density at radius 1 is 1.17 bits per heavy atom. The number of nitrogens with one attached hydrogen (secondary N) is 1. The van der Waals surface area contributed by atoms with E-state index in [1.807, 2.05) is 5.51 Å². The standard InChI is InChI=1S/C19H25N3S/c1-2-4-15(5-3-1)10-22-11-16-6-7-19(18(16)12-22)20-9-8-17-13-23-14-21-17/h1-5,13-14,16,18-20H,6-12H2/t16-,18+,19-/m0/s1. The number of rotatable bonds is 6. The van der Waals surface area contributed by atoms with Crippen LogP contribution in [0.3, 0.4) is 0 Å². The first kappa shape index (κ1) is 15.3. The topological polar surface area (TPSA) is 28.2 Å². The van der Waals surface area contributed by atoms with Gasteiger partial charge >= 0.3 is 0 Å². The number of benzene rings is 1. The molecular weight excluding hydrogens is 302 g/mol. The lowest BCUT2D eigenvalue weighted by Gasteiger charge is -2.22. The van der Waals surface area contributed by atoms with Crippen molar-refractivity contribution in [2.24, 2.45) is 11.8 Å². The van der Waals surface area contributed by atoms with Gasteiger partial charge in [0.05, 0.1) is 11.2 Å². The zero-order chi connectivity index (χ0) is 15.5. The molecule has 4 heteroatoms. The van der Waals surface area contributed by atoms with Crippen molar-refractivity contribution in [3.05, 3.63) is 52.5 Å². The second-order valence-corrected chi connectivity index (χ2v) is 7.69. The normalized spacial score (nSPS) is 27.4. The summed E-state index contributed by atoms with van der Waals surface area (Å²) in [6.07, 6.45) is 3.81. The highest BCUT2D eigenvalue weighted by Crippen LogP contribution is 2.38. The molecule has 0 bridgehead atoms. The lowest BCUT2D eigenvalue weighted by atomic mass is 9.98. The fourth-order valence-electron chi connectivity index (χ4n) is 4.33. The first-order valence-corrected chi connectivity index (χ1v) is 9.69. The van der Waals surface area contributed by atoms with Gasteiger partial charge in [0.25, 0.3) is 0 Å². The van der Waals surface area contributed by atoms with Crippen molar-refractivity contribution < 1.29 is 0 Å². The van der Waals surface area contributed by atoms with E-state index in [0.29, 0.717) is 6.04 Å². The predicted molar refractivity (Wildman–Crippen MR) is 95.5 cm³/mol. The molecule has 2 aliphatic rings. The van der Waals surface area contributed by atoms with E-state index in [4.69, 9.17) is 0 Å². The average Bonchev–Trinajstić information content (AvgIpc) is 3.27. The molecule has 0 amide bonds. The monoisotopic (exact) mass is 327 g/mol. The number of nitrogens with zero attached hydrogens (tertiary/aromatic N) is 2. The van der Waals surface area contributed by atoms with Crippen molar-refractivity contribution in [1.29, 1.82) is 0 Å². The van der Waals surface area contributed by atoms with Gasteiger partial charge in [0, 0.05) is 44.0 Å². The Morgan fingerprint density at radius 2 is 2.09 bits per heavy atom. The molecule has 3 atom stereocenters. The van der Waals surface area contributed by atoms with Crippen molar-refractivity contribution in [2.45, 2.75) is 31.8 Å². The zero-order valence-electron chi connectivity index (χ0n) is 13.5. The van der Waals surface area contributed by atoms with Crippen molar-refractivity contribution in [1.82, 2.24) is 15.2 Å². The average molecular weight is 327 g/mol. The molecule has 23 heavy (non-hydrogen) atoms. The Kier molecular flexibility index (Phi) is 4.74. The summed E-state index contributed by atoms with van der Waals surface area (Å²) >= 11 is 1.69. The van der Waals surface area contributed by atoms with Gasteiger partial charge in [0.15, 0.2) is 0 Å². The highest BCUT2D eigenvalue weighted by atomic mass is 32.1. The van der Waals surface area contributed by atoms with Crippen LogP contribution in [-0.4, -0.2) is 35.6 Å². The smallest absolute Gasteiger partial charge is 0.0794 e. The molecule has 2 fully saturated rings. The van der Waals surface area contributed by atoms with Crippen LogP contribution >= 0.6 is 11.3 Å². The van der Waals surface area contributed by atoms with Crippen LogP contribution in [0.2, 0.25) is 0 Å². The molecule has 0 spiro atoms. The van der Waals surface area contributed by atoms with Crippen LogP contribution in [0, 0.1) is 11.8 Å². The van der Waals surface area contributed by atoms with Gasteiger partial charge in [-0.1, -0.05) is 30.3 Å². The number of fused-ring (bicyclic) bond motifs is 1. The van der Waals surface area contributed by atoms with Crippen molar-refractivity contribution in [3.8, 4) is 0 Å². The quantitative estimate of drug-likeness (QED) is 0.883. The van der Waals surface area contributed by atoms with Crippen LogP contribution < -0.4 is 5.32 Å². The summed E-state index contributed by atoms with van der Waals surface area (Å²) in [5.41, 5.74) is 4.61. The van der Waals surface area contributed by atoms with Gasteiger partial charge in [0.2, 0.25) is 0 Å². The number of hydrogen-bond acceptors (Lipinski definition) is 4. The molecule has 0 unspecified atom stereocenters. The molecule has 1 aliphatic carbocycles. The van der Waals surface area contributed by atoms with Gasteiger partial charge < -0.3 is 5.32 Å². The largest absolute Gasteiger partial charge is 0.313 e. The number of likely N-dealkylation sites (tertiary alicyclic amines) is 1. The van der Waals surface area contributed by atoms with Crippen molar-refractivity contribution in [2.75, 3.05) is 19.6 Å². The first-order valence-electron chi connectivity index (χ1n) is 8.75. The minimum absolute atomic E-state index is 0.708. The summed E-state index contributed by atoms with van der Waals surface area (Å²) in [7, 11) is 0. The summed E-state index contributed by atoms with van der Waals surface area (Å²) < 4.78 is 0. The molecule has 1 N–H and O–H groups in total. The van der Waals surface area contributed by atoms with E-state index in [0.717, 1.165) is 31.3 Å². The van der Waals surface area contributed by atoms with Gasteiger partial charge in [-0.2, -0.15) is 0 Å². The lowest BCUT2D eigenvalue weighted by molar-refractivity contribution is 0.289. The molecule has 122 valence electrons. The van der Waals surface area contributed by atoms with E-state index in [-0.39, 0.29) is 0 Å². The maximum Gasteiger partial charge on any atom is 0.0794 e. The van der Waals surface area contributed by atoms with Gasteiger partial charge in [0.1, 0.15) is 0 Å². The number of aromatic nitrogens is 1. The highest BCUT2D eigenvalue weighted by molar-refractivity contribution is 7.07. The van der Waals surface area contributed by atoms with Gasteiger partial charge in [-0.3, -0.25) is 4.90 Å². The summed E-state index contributed by atoms with van der Waals surface area (Å²) in [4.78, 5) is 7.03. The maximum atomic E-state index is 4.38. The minimum atomic E-state index is 0.708. The van der Waals surface area contributed by atoms with Crippen LogP contribution in [-0.2, 0) is 13.0 Å². The molecule has 2 aromatic rings. The molecule has 1 aromatic heterocycles. The minimum Gasteiger partial charge on any atom is -0.313 e. The molecule has 1 saturated heterocycles. The SMILES string of the molecule is c1ccc(CN2C[C@@H]3CC[C@H](NCCc4cscn4)[C@@H]3C2)cc1. The number of thiazole rings is 1. The van der Waals surface area contributed by atoms with E-state index >= 15 is 0 Å². The van der Waals surface area contributed by atoms with Gasteiger partial charge in [-0.15, -0.1) is 11.3 Å². The third-order valence-electron chi connectivity index (χ3n) is 5.45. The summed E-state index contributed by atoms with van der Waals surface area (Å²) in [6, 6.07) is 11.6. The second-order valence-electron chi connectivity index (χ2n) is 6.97. The lowest BCUT2D eigenvalue weighted by Crippen LogP contribution is -2.36. The molecular formula is C19H25N3S. The zero-order valence-corrected chi connectivity index (χ0v) is 14.3. The van der Waals surface area contributed by atoms with E-state index < -0.39 is 0 Å². The predicted octanol–water partition coefficient (Wildman–Crippen LogP) is 3.19. The Morgan fingerprint density at radius 3 is 2.91 bits per heavy atom. The van der Waals surface area contributed by atoms with Crippen molar-refractivity contribution >= 4 is 11.3 Å². The maximum absolute atomic E-state index is 4.38. The summed E-state index contributed by atoms with van der Waals surface area (Å²) in [5, 5.41) is 5.98. The fourth-order valence-corrected chi connectivity index (χ4v) is 4.92. The fraction of sp³-hybridized carbons (Fsp3) is 0.526. The van der Waals surface area contributed by atoms with E-state index in [1.165, 1.54) is 37.2 Å². The van der Waals surface area contributed by atoms with Crippen LogP contribution in [0.15, 0.2) is 41.2 Å². The van der Waals surface area contributed by atoms with E-state index in [1.54, 1.807) is 11.3 Å². The summed E-state index contributed by atoms with van der Waals surface area (Å²) in [6.45, 7) is 4.72. The Bertz CT molecular complexity index is 598. The van der Waals surface area contributed by atoms with Gasteiger partial charge in [-0.25, -0.2) is 4.98 Å². The number of hydrogen-bond donors (Lipinski definition) is 1. The molecule has 1 saturated carbocycles. The van der Waals surface area contributed by atoms with Crippen LogP contribution in [0.4, 0.5) is 0 Å². The van der Waals surface area contributed by atoms with Crippen LogP contribution in [0.25, 0.3) is 0 Å². The second kappa shape index (κ2) is 7.12. The third kappa shape index (κ3) is 3.65. The third-order valence-corrected chi connectivity index (χ3v) is 6.09. The molecule has 1 aromatic carbocycles. The van der Waals surface area contributed by atoms with Crippen LogP contribution in [0.1, 0.15) is 24.1 Å². The molecule has 2 heterocycles. The van der Waals surface area contributed by atoms with Gasteiger partial charge in [-0.05, 0) is 30.2 Å². The molecule has 1 aliphatic heterocycles. The van der Waals surface area contributed by atoms with E-state index in [2.05, 4.69) is 50.9 Å². The van der Waals surface area contributed by atoms with E-state index in [9.17, 15) is 0 Å². The summed E-state index contributed by atoms with van der Waals surface area (Å²) in [5.74, 6) is 1.74. The Balaban J connectivity index is 1.27.